The minimum Gasteiger partial charge on any atom is -0.490 e. The maximum absolute atomic E-state index is 13.2. The first kappa shape index (κ1) is 22.6. The van der Waals surface area contributed by atoms with E-state index in [-0.39, 0.29) is 29.3 Å². The summed E-state index contributed by atoms with van der Waals surface area (Å²) in [5.74, 6) is 0.948. The van der Waals surface area contributed by atoms with E-state index >= 15 is 0 Å². The molecular weight excluding hydrogens is 428 g/mol. The number of hydrogen-bond donors (Lipinski definition) is 0. The highest BCUT2D eigenvalue weighted by atomic mass is 32.2. The molecule has 0 spiro atoms. The minimum absolute atomic E-state index is 0.0224. The maximum atomic E-state index is 13.2. The lowest BCUT2D eigenvalue weighted by molar-refractivity contribution is 0.0698. The molecule has 0 saturated carbocycles. The Balaban J connectivity index is 1.43. The van der Waals surface area contributed by atoms with E-state index < -0.39 is 10.0 Å². The SMILES string of the molecule is CC(C)(C)c1ccc(C(=O)N2CCN(S(=O)(=O)c3ccc4c(c3)OCCCO4)CC2)cc1. The summed E-state index contributed by atoms with van der Waals surface area (Å²) in [5, 5.41) is 0. The fraction of sp³-hybridized carbons (Fsp3) is 0.458. The smallest absolute Gasteiger partial charge is 0.253 e. The average Bonchev–Trinajstić information content (AvgIpc) is 3.03. The van der Waals surface area contributed by atoms with Crippen LogP contribution in [0.1, 0.15) is 43.1 Å². The zero-order valence-corrected chi connectivity index (χ0v) is 19.7. The number of carbonyl (C=O) groups excluding carboxylic acids is 1. The van der Waals surface area contributed by atoms with Crippen molar-refractivity contribution in [1.29, 1.82) is 0 Å². The summed E-state index contributed by atoms with van der Waals surface area (Å²) in [5.41, 5.74) is 1.81. The van der Waals surface area contributed by atoms with Crippen LogP contribution in [0.25, 0.3) is 0 Å². The van der Waals surface area contributed by atoms with E-state index in [1.54, 1.807) is 17.0 Å². The molecule has 0 aromatic heterocycles. The van der Waals surface area contributed by atoms with Crippen molar-refractivity contribution < 1.29 is 22.7 Å². The number of nitrogens with zero attached hydrogens (tertiary/aromatic N) is 2. The molecule has 2 heterocycles. The average molecular weight is 459 g/mol. The van der Waals surface area contributed by atoms with Gasteiger partial charge in [-0.15, -0.1) is 0 Å². The van der Waals surface area contributed by atoms with Gasteiger partial charge in [0.2, 0.25) is 10.0 Å². The molecule has 1 fully saturated rings. The number of amides is 1. The van der Waals surface area contributed by atoms with Crippen molar-refractivity contribution in [2.24, 2.45) is 0 Å². The van der Waals surface area contributed by atoms with Gasteiger partial charge in [0.1, 0.15) is 0 Å². The molecule has 0 N–H and O–H groups in total. The third-order valence-electron chi connectivity index (χ3n) is 5.88. The molecule has 2 aromatic carbocycles. The zero-order chi connectivity index (χ0) is 22.9. The third-order valence-corrected chi connectivity index (χ3v) is 7.78. The van der Waals surface area contributed by atoms with Crippen molar-refractivity contribution in [3.8, 4) is 11.5 Å². The summed E-state index contributed by atoms with van der Waals surface area (Å²) in [6, 6.07) is 12.4. The Labute approximate surface area is 190 Å². The monoisotopic (exact) mass is 458 g/mol. The van der Waals surface area contributed by atoms with E-state index in [9.17, 15) is 13.2 Å². The molecule has 0 radical (unpaired) electrons. The molecule has 0 atom stereocenters. The number of rotatable bonds is 3. The highest BCUT2D eigenvalue weighted by Crippen LogP contribution is 2.33. The Morgan fingerprint density at radius 2 is 1.50 bits per heavy atom. The standard InChI is InChI=1S/C24H30N2O5S/c1-24(2,3)19-7-5-18(6-8-19)23(27)25-11-13-26(14-12-25)32(28,29)20-9-10-21-22(17-20)31-16-4-15-30-21/h5-10,17H,4,11-16H2,1-3H3. The van der Waals surface area contributed by atoms with Gasteiger partial charge < -0.3 is 14.4 Å². The Hall–Kier alpha value is -2.58. The fourth-order valence-corrected chi connectivity index (χ4v) is 5.32. The van der Waals surface area contributed by atoms with Crippen molar-refractivity contribution in [2.75, 3.05) is 39.4 Å². The van der Waals surface area contributed by atoms with Gasteiger partial charge in [-0.1, -0.05) is 32.9 Å². The normalized spacial score (nSPS) is 17.7. The molecule has 7 nitrogen and oxygen atoms in total. The predicted molar refractivity (Wildman–Crippen MR) is 122 cm³/mol. The first-order valence-corrected chi connectivity index (χ1v) is 12.4. The van der Waals surface area contributed by atoms with Crippen LogP contribution < -0.4 is 9.47 Å². The molecule has 1 amide bonds. The van der Waals surface area contributed by atoms with Crippen LogP contribution in [0.3, 0.4) is 0 Å². The fourth-order valence-electron chi connectivity index (χ4n) is 3.88. The van der Waals surface area contributed by atoms with Crippen LogP contribution in [0, 0.1) is 0 Å². The van der Waals surface area contributed by atoms with E-state index in [0.717, 1.165) is 6.42 Å². The van der Waals surface area contributed by atoms with Gasteiger partial charge in [-0.2, -0.15) is 4.31 Å². The molecule has 2 aliphatic heterocycles. The third kappa shape index (κ3) is 4.61. The molecule has 2 aromatic rings. The second kappa shape index (κ2) is 8.75. The van der Waals surface area contributed by atoms with Crippen LogP contribution in [-0.2, 0) is 15.4 Å². The molecule has 0 unspecified atom stereocenters. The summed E-state index contributed by atoms with van der Waals surface area (Å²) in [4.78, 5) is 14.8. The number of carbonyl (C=O) groups is 1. The van der Waals surface area contributed by atoms with Crippen LogP contribution in [0.2, 0.25) is 0 Å². The highest BCUT2D eigenvalue weighted by Gasteiger charge is 2.31. The van der Waals surface area contributed by atoms with Gasteiger partial charge in [-0.25, -0.2) is 8.42 Å². The van der Waals surface area contributed by atoms with Crippen molar-refractivity contribution in [3.63, 3.8) is 0 Å². The second-order valence-corrected chi connectivity index (χ2v) is 11.1. The second-order valence-electron chi connectivity index (χ2n) is 9.18. The first-order chi connectivity index (χ1) is 15.2. The van der Waals surface area contributed by atoms with Gasteiger partial charge in [0.25, 0.3) is 5.91 Å². The lowest BCUT2D eigenvalue weighted by Crippen LogP contribution is -2.50. The number of hydrogen-bond acceptors (Lipinski definition) is 5. The molecule has 8 heteroatoms. The number of benzene rings is 2. The molecule has 172 valence electrons. The van der Waals surface area contributed by atoms with Crippen molar-refractivity contribution >= 4 is 15.9 Å². The van der Waals surface area contributed by atoms with Crippen LogP contribution >= 0.6 is 0 Å². The maximum Gasteiger partial charge on any atom is 0.253 e. The van der Waals surface area contributed by atoms with Gasteiger partial charge in [-0.05, 0) is 35.2 Å². The summed E-state index contributed by atoms with van der Waals surface area (Å²) in [7, 11) is -3.68. The van der Waals surface area contributed by atoms with Gasteiger partial charge in [0.05, 0.1) is 18.1 Å². The summed E-state index contributed by atoms with van der Waals surface area (Å²) >= 11 is 0. The summed E-state index contributed by atoms with van der Waals surface area (Å²) < 4.78 is 39.0. The van der Waals surface area contributed by atoms with E-state index in [1.807, 2.05) is 24.3 Å². The number of piperazine rings is 1. The quantitative estimate of drug-likeness (QED) is 0.706. The van der Waals surface area contributed by atoms with Crippen LogP contribution in [0.4, 0.5) is 0 Å². The Morgan fingerprint density at radius 3 is 2.12 bits per heavy atom. The lowest BCUT2D eigenvalue weighted by atomic mass is 9.86. The first-order valence-electron chi connectivity index (χ1n) is 11.0. The number of fused-ring (bicyclic) bond motifs is 1. The Morgan fingerprint density at radius 1 is 0.875 bits per heavy atom. The summed E-state index contributed by atoms with van der Waals surface area (Å²) in [6.45, 7) is 8.65. The van der Waals surface area contributed by atoms with E-state index in [2.05, 4.69) is 20.8 Å². The number of ether oxygens (including phenoxy) is 2. The zero-order valence-electron chi connectivity index (χ0n) is 18.8. The minimum atomic E-state index is -3.68. The molecule has 4 rings (SSSR count). The van der Waals surface area contributed by atoms with Crippen molar-refractivity contribution in [2.45, 2.75) is 37.5 Å². The van der Waals surface area contributed by atoms with Gasteiger partial charge in [0, 0.05) is 44.2 Å². The molecule has 2 aliphatic rings. The molecule has 0 bridgehead atoms. The molecule has 32 heavy (non-hydrogen) atoms. The van der Waals surface area contributed by atoms with Gasteiger partial charge >= 0.3 is 0 Å². The molecule has 0 aliphatic carbocycles. The van der Waals surface area contributed by atoms with Gasteiger partial charge in [-0.3, -0.25) is 4.79 Å². The van der Waals surface area contributed by atoms with Crippen LogP contribution in [0.15, 0.2) is 47.4 Å². The summed E-state index contributed by atoms with van der Waals surface area (Å²) in [6.07, 6.45) is 0.756. The predicted octanol–water partition coefficient (Wildman–Crippen LogP) is 3.29. The van der Waals surface area contributed by atoms with Crippen LogP contribution in [-0.4, -0.2) is 62.9 Å². The van der Waals surface area contributed by atoms with Gasteiger partial charge in [0.15, 0.2) is 11.5 Å². The largest absolute Gasteiger partial charge is 0.490 e. The Bertz CT molecular complexity index is 1080. The molecule has 1 saturated heterocycles. The van der Waals surface area contributed by atoms with E-state index in [4.69, 9.17) is 9.47 Å². The lowest BCUT2D eigenvalue weighted by Gasteiger charge is -2.34. The van der Waals surface area contributed by atoms with Crippen molar-refractivity contribution in [3.05, 3.63) is 53.6 Å². The molecular formula is C24H30N2O5S. The van der Waals surface area contributed by atoms with Crippen molar-refractivity contribution in [1.82, 2.24) is 9.21 Å². The topological polar surface area (TPSA) is 76.2 Å². The van der Waals surface area contributed by atoms with Crippen LogP contribution in [0.5, 0.6) is 11.5 Å². The highest BCUT2D eigenvalue weighted by molar-refractivity contribution is 7.89. The number of sulfonamides is 1. The van der Waals surface area contributed by atoms with E-state index in [0.29, 0.717) is 43.4 Å². The van der Waals surface area contributed by atoms with E-state index in [1.165, 1.54) is 15.9 Å². The Kier molecular flexibility index (Phi) is 6.18.